The number of hydrogen-bond acceptors (Lipinski definition) is 3. The van der Waals surface area contributed by atoms with E-state index in [1.807, 2.05) is 25.1 Å². The summed E-state index contributed by atoms with van der Waals surface area (Å²) >= 11 is 0. The minimum Gasteiger partial charge on any atom is -0.396 e. The van der Waals surface area contributed by atoms with Crippen LogP contribution in [0.2, 0.25) is 0 Å². The summed E-state index contributed by atoms with van der Waals surface area (Å²) in [5, 5.41) is 12.9. The van der Waals surface area contributed by atoms with E-state index in [0.29, 0.717) is 40.2 Å². The van der Waals surface area contributed by atoms with E-state index in [1.54, 1.807) is 24.3 Å². The number of aliphatic hydroxyl groups is 1. The minimum absolute atomic E-state index is 0.0490. The van der Waals surface area contributed by atoms with Gasteiger partial charge in [0.2, 0.25) is 0 Å². The van der Waals surface area contributed by atoms with Crippen LogP contribution in [0, 0.1) is 0 Å². The van der Waals surface area contributed by atoms with Gasteiger partial charge in [0.1, 0.15) is 0 Å². The van der Waals surface area contributed by atoms with Crippen molar-refractivity contribution in [1.82, 2.24) is 10.3 Å². The molecule has 0 saturated carbocycles. The van der Waals surface area contributed by atoms with Crippen LogP contribution in [0.3, 0.4) is 0 Å². The molecule has 2 aromatic carbocycles. The Morgan fingerprint density at radius 2 is 1.92 bits per heavy atom. The summed E-state index contributed by atoms with van der Waals surface area (Å²) in [6.45, 7) is 2.00. The van der Waals surface area contributed by atoms with Crippen LogP contribution in [0.1, 0.15) is 30.1 Å². The van der Waals surface area contributed by atoms with Gasteiger partial charge in [0, 0.05) is 28.9 Å². The van der Waals surface area contributed by atoms with Crippen molar-refractivity contribution in [3.63, 3.8) is 0 Å². The van der Waals surface area contributed by atoms with E-state index >= 15 is 0 Å². The maximum Gasteiger partial charge on any atom is 0.253 e. The third-order valence-electron chi connectivity index (χ3n) is 4.16. The number of carbonyl (C=O) groups excluding carboxylic acids is 1. The van der Waals surface area contributed by atoms with Gasteiger partial charge in [0.25, 0.3) is 5.91 Å². The minimum atomic E-state index is -0.225. The first kappa shape index (κ1) is 16.2. The number of benzene rings is 2. The molecule has 1 aromatic heterocycles. The molecule has 5 heteroatoms. The number of pyridine rings is 1. The predicted octanol–water partition coefficient (Wildman–Crippen LogP) is 2.57. The summed E-state index contributed by atoms with van der Waals surface area (Å²) in [5.41, 5.74) is 1.63. The van der Waals surface area contributed by atoms with Gasteiger partial charge in [-0.3, -0.25) is 9.59 Å². The first-order valence-corrected chi connectivity index (χ1v) is 8.07. The maximum absolute atomic E-state index is 12.6. The second-order valence-corrected chi connectivity index (χ2v) is 5.97. The molecular formula is C19H20N2O3. The first-order valence-electron chi connectivity index (χ1n) is 8.07. The van der Waals surface area contributed by atoms with E-state index in [1.165, 1.54) is 0 Å². The zero-order chi connectivity index (χ0) is 17.1. The molecule has 0 fully saturated rings. The molecule has 3 aromatic rings. The molecule has 0 bridgehead atoms. The van der Waals surface area contributed by atoms with Gasteiger partial charge in [-0.1, -0.05) is 18.2 Å². The summed E-state index contributed by atoms with van der Waals surface area (Å²) in [6, 6.07) is 12.4. The van der Waals surface area contributed by atoms with E-state index in [0.717, 1.165) is 0 Å². The third-order valence-corrected chi connectivity index (χ3v) is 4.16. The first-order chi connectivity index (χ1) is 11.6. The van der Waals surface area contributed by atoms with Crippen molar-refractivity contribution in [1.29, 1.82) is 0 Å². The second-order valence-electron chi connectivity index (χ2n) is 5.97. The molecule has 0 aliphatic heterocycles. The lowest BCUT2D eigenvalue weighted by atomic mass is 10.1. The molecule has 1 atom stereocenters. The largest absolute Gasteiger partial charge is 0.396 e. The van der Waals surface area contributed by atoms with E-state index in [4.69, 9.17) is 5.11 Å². The summed E-state index contributed by atoms with van der Waals surface area (Å²) in [5.74, 6) is -0.225. The summed E-state index contributed by atoms with van der Waals surface area (Å²) in [6.07, 6.45) is 1.34. The number of para-hydroxylation sites is 2. The molecule has 1 amide bonds. The normalized spacial score (nSPS) is 12.4. The van der Waals surface area contributed by atoms with Crippen LogP contribution in [0.15, 0.2) is 47.3 Å². The van der Waals surface area contributed by atoms with Crippen LogP contribution in [0.5, 0.6) is 0 Å². The van der Waals surface area contributed by atoms with E-state index in [-0.39, 0.29) is 24.0 Å². The quantitative estimate of drug-likeness (QED) is 0.631. The number of aromatic nitrogens is 1. The number of hydrogen-bond donors (Lipinski definition) is 3. The van der Waals surface area contributed by atoms with Gasteiger partial charge < -0.3 is 15.4 Å². The summed E-state index contributed by atoms with van der Waals surface area (Å²) in [7, 11) is 0. The van der Waals surface area contributed by atoms with Gasteiger partial charge in [-0.15, -0.1) is 0 Å². The molecule has 0 aliphatic rings. The third kappa shape index (κ3) is 3.03. The van der Waals surface area contributed by atoms with E-state index in [2.05, 4.69) is 10.3 Å². The van der Waals surface area contributed by atoms with Gasteiger partial charge in [-0.05, 0) is 44.0 Å². The lowest BCUT2D eigenvalue weighted by molar-refractivity contribution is 0.0938. The maximum atomic E-state index is 12.6. The Morgan fingerprint density at radius 3 is 2.71 bits per heavy atom. The second kappa shape index (κ2) is 6.84. The van der Waals surface area contributed by atoms with Crippen molar-refractivity contribution >= 4 is 27.7 Å². The zero-order valence-electron chi connectivity index (χ0n) is 13.5. The van der Waals surface area contributed by atoms with Crippen LogP contribution in [-0.4, -0.2) is 28.6 Å². The van der Waals surface area contributed by atoms with Crippen LogP contribution in [0.4, 0.5) is 0 Å². The highest BCUT2D eigenvalue weighted by Gasteiger charge is 2.15. The fourth-order valence-electron chi connectivity index (χ4n) is 2.91. The van der Waals surface area contributed by atoms with Crippen molar-refractivity contribution < 1.29 is 9.90 Å². The zero-order valence-corrected chi connectivity index (χ0v) is 13.5. The Kier molecular flexibility index (Phi) is 4.62. The van der Waals surface area contributed by atoms with E-state index < -0.39 is 0 Å². The highest BCUT2D eigenvalue weighted by atomic mass is 16.3. The Hall–Kier alpha value is -2.66. The highest BCUT2D eigenvalue weighted by Crippen LogP contribution is 2.18. The molecule has 5 nitrogen and oxygen atoms in total. The molecule has 0 aliphatic carbocycles. The monoisotopic (exact) mass is 324 g/mol. The van der Waals surface area contributed by atoms with Crippen molar-refractivity contribution in [2.24, 2.45) is 0 Å². The smallest absolute Gasteiger partial charge is 0.253 e. The Labute approximate surface area is 139 Å². The lowest BCUT2D eigenvalue weighted by Gasteiger charge is -2.14. The predicted molar refractivity (Wildman–Crippen MR) is 95.3 cm³/mol. The number of aromatic amines is 1. The number of H-pyrrole nitrogens is 1. The molecule has 124 valence electrons. The molecule has 3 N–H and O–H groups in total. The van der Waals surface area contributed by atoms with Crippen LogP contribution < -0.4 is 10.7 Å². The van der Waals surface area contributed by atoms with Crippen molar-refractivity contribution in [2.75, 3.05) is 6.61 Å². The Morgan fingerprint density at radius 1 is 1.17 bits per heavy atom. The average molecular weight is 324 g/mol. The lowest BCUT2D eigenvalue weighted by Crippen LogP contribution is -2.33. The number of carbonyl (C=O) groups is 1. The number of rotatable bonds is 5. The molecular weight excluding hydrogens is 304 g/mol. The van der Waals surface area contributed by atoms with Crippen molar-refractivity contribution in [3.05, 3.63) is 58.3 Å². The molecule has 3 rings (SSSR count). The fraction of sp³-hybridized carbons (Fsp3) is 0.263. The Balaban J connectivity index is 2.05. The number of fused-ring (bicyclic) bond motifs is 2. The topological polar surface area (TPSA) is 82.2 Å². The van der Waals surface area contributed by atoms with Crippen LogP contribution in [-0.2, 0) is 0 Å². The molecule has 1 heterocycles. The number of nitrogens with one attached hydrogen (secondary N) is 2. The number of amides is 1. The summed E-state index contributed by atoms with van der Waals surface area (Å²) < 4.78 is 0. The van der Waals surface area contributed by atoms with Gasteiger partial charge in [0.05, 0.1) is 11.1 Å². The van der Waals surface area contributed by atoms with Crippen molar-refractivity contribution in [2.45, 2.75) is 25.8 Å². The van der Waals surface area contributed by atoms with E-state index in [9.17, 15) is 9.59 Å². The van der Waals surface area contributed by atoms with Gasteiger partial charge in [0.15, 0.2) is 5.43 Å². The van der Waals surface area contributed by atoms with Crippen molar-refractivity contribution in [3.8, 4) is 0 Å². The average Bonchev–Trinajstić information content (AvgIpc) is 2.59. The SMILES string of the molecule is CC(CCCO)NC(=O)c1cccc2c(=O)c3ccccc3[nH]c12. The number of aliphatic hydroxyl groups excluding tert-OH is 1. The van der Waals surface area contributed by atoms with Gasteiger partial charge >= 0.3 is 0 Å². The molecule has 24 heavy (non-hydrogen) atoms. The van der Waals surface area contributed by atoms with Crippen LogP contribution in [0.25, 0.3) is 21.8 Å². The Bertz CT molecular complexity index is 946. The highest BCUT2D eigenvalue weighted by molar-refractivity contribution is 6.07. The van der Waals surface area contributed by atoms with Gasteiger partial charge in [-0.25, -0.2) is 0 Å². The molecule has 1 unspecified atom stereocenters. The molecule has 0 radical (unpaired) electrons. The molecule has 0 saturated heterocycles. The van der Waals surface area contributed by atoms with Gasteiger partial charge in [-0.2, -0.15) is 0 Å². The standard InChI is InChI=1S/C19H20N2O3/c1-12(6-5-11-22)20-19(24)15-9-4-8-14-17(15)21-16-10-3-2-7-13(16)18(14)23/h2-4,7-10,12,22H,5-6,11H2,1H3,(H,20,24)(H,21,23). The van der Waals surface area contributed by atoms with Crippen LogP contribution >= 0.6 is 0 Å². The fourth-order valence-corrected chi connectivity index (χ4v) is 2.91. The molecule has 0 spiro atoms. The summed E-state index contributed by atoms with van der Waals surface area (Å²) in [4.78, 5) is 28.4.